The Hall–Kier alpha value is -3.71. The number of azo groups is 1. The summed E-state index contributed by atoms with van der Waals surface area (Å²) in [5.74, 6) is -0.630. The van der Waals surface area contributed by atoms with Crippen molar-refractivity contribution in [3.63, 3.8) is 0 Å². The second kappa shape index (κ2) is 9.19. The fourth-order valence-corrected chi connectivity index (χ4v) is 3.01. The van der Waals surface area contributed by atoms with Gasteiger partial charge in [0.15, 0.2) is 10.6 Å². The van der Waals surface area contributed by atoms with Gasteiger partial charge in [0.2, 0.25) is 5.91 Å². The van der Waals surface area contributed by atoms with Crippen LogP contribution >= 0.6 is 0 Å². The van der Waals surface area contributed by atoms with Crippen LogP contribution in [0.25, 0.3) is 0 Å². The zero-order chi connectivity index (χ0) is 22.5. The molecular formula is C17H16N4O8S. The van der Waals surface area contributed by atoms with Crippen LogP contribution in [-0.4, -0.2) is 36.7 Å². The van der Waals surface area contributed by atoms with Gasteiger partial charge in [0.25, 0.3) is 0 Å². The number of hydrogen-bond donors (Lipinski definition) is 2. The van der Waals surface area contributed by atoms with Gasteiger partial charge in [-0.15, -0.1) is 10.2 Å². The smallest absolute Gasteiger partial charge is 0.317 e. The summed E-state index contributed by atoms with van der Waals surface area (Å²) in [4.78, 5) is 32.4. The van der Waals surface area contributed by atoms with E-state index in [0.29, 0.717) is 5.75 Å². The standard InChI is InChI=1S/C17H16N4O8S/c1-10(22)8-16(23)18-14-9-11(29-2)6-7-12(14)19-20-13-4-3-5-15(30(26,27)28)17(13)21(24)25/h3-7,9H,8H2,1-2H3,(H,18,23)(H,26,27,28). The lowest BCUT2D eigenvalue weighted by Gasteiger charge is -2.09. The summed E-state index contributed by atoms with van der Waals surface area (Å²) in [6.45, 7) is 1.24. The molecule has 0 aliphatic heterocycles. The number of nitrogens with one attached hydrogen (secondary N) is 1. The number of para-hydroxylation sites is 1. The first-order valence-corrected chi connectivity index (χ1v) is 9.61. The monoisotopic (exact) mass is 436 g/mol. The number of carbonyl (C=O) groups is 2. The van der Waals surface area contributed by atoms with Gasteiger partial charge in [-0.3, -0.25) is 24.3 Å². The normalized spacial score (nSPS) is 11.3. The van der Waals surface area contributed by atoms with E-state index in [2.05, 4.69) is 15.5 Å². The maximum atomic E-state index is 11.9. The molecule has 2 aromatic carbocycles. The third-order valence-electron chi connectivity index (χ3n) is 3.59. The van der Waals surface area contributed by atoms with E-state index in [0.717, 1.165) is 18.2 Å². The second-order valence-corrected chi connectivity index (χ2v) is 7.26. The lowest BCUT2D eigenvalue weighted by atomic mass is 10.2. The first kappa shape index (κ1) is 22.6. The lowest BCUT2D eigenvalue weighted by Crippen LogP contribution is -2.14. The molecule has 0 bridgehead atoms. The molecule has 158 valence electrons. The van der Waals surface area contributed by atoms with E-state index in [9.17, 15) is 32.7 Å². The molecule has 1 amide bonds. The SMILES string of the molecule is COc1ccc(N=Nc2cccc(S(=O)(=O)O)c2[N+](=O)[O-])c(NC(=O)CC(C)=O)c1. The summed E-state index contributed by atoms with van der Waals surface area (Å²) >= 11 is 0. The number of rotatable bonds is 8. The summed E-state index contributed by atoms with van der Waals surface area (Å²) in [6.07, 6.45) is -0.379. The first-order valence-electron chi connectivity index (χ1n) is 8.17. The molecule has 0 aliphatic rings. The third-order valence-corrected chi connectivity index (χ3v) is 4.48. The highest BCUT2D eigenvalue weighted by Gasteiger charge is 2.27. The highest BCUT2D eigenvalue weighted by atomic mass is 32.2. The number of nitro groups is 1. The van der Waals surface area contributed by atoms with Gasteiger partial charge >= 0.3 is 15.8 Å². The number of ether oxygens (including phenoxy) is 1. The van der Waals surface area contributed by atoms with Crippen molar-refractivity contribution in [2.45, 2.75) is 18.2 Å². The molecule has 0 unspecified atom stereocenters. The average molecular weight is 436 g/mol. The van der Waals surface area contributed by atoms with Crippen molar-refractivity contribution in [1.82, 2.24) is 0 Å². The Labute approximate surface area is 170 Å². The highest BCUT2D eigenvalue weighted by molar-refractivity contribution is 7.86. The van der Waals surface area contributed by atoms with Crippen LogP contribution in [0, 0.1) is 10.1 Å². The van der Waals surface area contributed by atoms with Crippen molar-refractivity contribution in [2.24, 2.45) is 10.2 Å². The number of anilines is 1. The van der Waals surface area contributed by atoms with Crippen LogP contribution in [0.1, 0.15) is 13.3 Å². The van der Waals surface area contributed by atoms with Crippen LogP contribution < -0.4 is 10.1 Å². The molecule has 13 heteroatoms. The molecule has 0 heterocycles. The Morgan fingerprint density at radius 3 is 2.43 bits per heavy atom. The minimum Gasteiger partial charge on any atom is -0.497 e. The molecule has 12 nitrogen and oxygen atoms in total. The average Bonchev–Trinajstić information content (AvgIpc) is 2.65. The van der Waals surface area contributed by atoms with Gasteiger partial charge in [-0.05, 0) is 31.2 Å². The van der Waals surface area contributed by atoms with Gasteiger partial charge in [-0.1, -0.05) is 6.07 Å². The zero-order valence-electron chi connectivity index (χ0n) is 15.7. The van der Waals surface area contributed by atoms with Crippen LogP contribution in [0.4, 0.5) is 22.7 Å². The summed E-state index contributed by atoms with van der Waals surface area (Å²) in [5, 5.41) is 21.3. The molecule has 0 spiro atoms. The van der Waals surface area contributed by atoms with Gasteiger partial charge in [-0.25, -0.2) is 0 Å². The number of carbonyl (C=O) groups excluding carboxylic acids is 2. The second-order valence-electron chi connectivity index (χ2n) is 5.87. The van der Waals surface area contributed by atoms with Crippen LogP contribution in [0.2, 0.25) is 0 Å². The van der Waals surface area contributed by atoms with E-state index in [1.165, 1.54) is 32.2 Å². The van der Waals surface area contributed by atoms with Gasteiger partial charge in [0.05, 0.1) is 24.1 Å². The molecule has 2 aromatic rings. The van der Waals surface area contributed by atoms with Crippen LogP contribution in [0.3, 0.4) is 0 Å². The molecule has 0 aromatic heterocycles. The van der Waals surface area contributed by atoms with Gasteiger partial charge < -0.3 is 10.1 Å². The Balaban J connectivity index is 2.51. The minimum atomic E-state index is -4.88. The number of nitro benzene ring substituents is 1. The van der Waals surface area contributed by atoms with E-state index in [4.69, 9.17) is 4.74 Å². The highest BCUT2D eigenvalue weighted by Crippen LogP contribution is 2.36. The maximum Gasteiger partial charge on any atom is 0.317 e. The first-order chi connectivity index (χ1) is 14.0. The third kappa shape index (κ3) is 5.65. The molecule has 30 heavy (non-hydrogen) atoms. The van der Waals surface area contributed by atoms with Crippen molar-refractivity contribution in [3.05, 3.63) is 46.5 Å². The molecular weight excluding hydrogens is 420 g/mol. The minimum absolute atomic E-state index is 0.0549. The van der Waals surface area contributed by atoms with Gasteiger partial charge in [0, 0.05) is 6.07 Å². The van der Waals surface area contributed by atoms with Gasteiger partial charge in [0.1, 0.15) is 17.2 Å². The molecule has 0 aliphatic carbocycles. The maximum absolute atomic E-state index is 11.9. The van der Waals surface area contributed by atoms with Crippen molar-refractivity contribution in [2.75, 3.05) is 12.4 Å². The van der Waals surface area contributed by atoms with E-state index in [1.807, 2.05) is 0 Å². The Kier molecular flexibility index (Phi) is 6.92. The summed E-state index contributed by atoms with van der Waals surface area (Å²) in [5.41, 5.74) is -1.23. The molecule has 0 radical (unpaired) electrons. The predicted molar refractivity (Wildman–Crippen MR) is 104 cm³/mol. The van der Waals surface area contributed by atoms with Crippen molar-refractivity contribution < 1.29 is 32.2 Å². The number of hydrogen-bond acceptors (Lipinski definition) is 9. The number of methoxy groups -OCH3 is 1. The molecule has 2 N–H and O–H groups in total. The lowest BCUT2D eigenvalue weighted by molar-refractivity contribution is -0.387. The van der Waals surface area contributed by atoms with Crippen LogP contribution in [0.5, 0.6) is 5.75 Å². The van der Waals surface area contributed by atoms with Crippen molar-refractivity contribution in [3.8, 4) is 5.75 Å². The van der Waals surface area contributed by atoms with E-state index >= 15 is 0 Å². The van der Waals surface area contributed by atoms with Crippen molar-refractivity contribution >= 4 is 44.6 Å². The van der Waals surface area contributed by atoms with Gasteiger partial charge in [-0.2, -0.15) is 8.42 Å². The number of benzene rings is 2. The van der Waals surface area contributed by atoms with Crippen LogP contribution in [0.15, 0.2) is 51.5 Å². The van der Waals surface area contributed by atoms with E-state index in [1.54, 1.807) is 0 Å². The number of nitrogens with zero attached hydrogens (tertiary/aromatic N) is 3. The summed E-state index contributed by atoms with van der Waals surface area (Å²) in [7, 11) is -3.49. The predicted octanol–water partition coefficient (Wildman–Crippen LogP) is 3.18. The zero-order valence-corrected chi connectivity index (χ0v) is 16.5. The molecule has 0 fully saturated rings. The number of Topliss-reactive ketones (excluding diaryl/α,β-unsaturated/α-hetero) is 1. The van der Waals surface area contributed by atoms with E-state index in [-0.39, 0.29) is 23.6 Å². The Morgan fingerprint density at radius 1 is 1.20 bits per heavy atom. The number of amides is 1. The summed E-state index contributed by atoms with van der Waals surface area (Å²) in [6, 6.07) is 7.41. The fraction of sp³-hybridized carbons (Fsp3) is 0.176. The quantitative estimate of drug-likeness (QED) is 0.208. The molecule has 0 saturated heterocycles. The van der Waals surface area contributed by atoms with Crippen molar-refractivity contribution in [1.29, 1.82) is 0 Å². The molecule has 0 atom stereocenters. The summed E-state index contributed by atoms with van der Waals surface area (Å²) < 4.78 is 37.1. The number of ketones is 1. The topological polar surface area (TPSA) is 178 Å². The fourth-order valence-electron chi connectivity index (χ4n) is 2.34. The Bertz CT molecular complexity index is 1140. The van der Waals surface area contributed by atoms with Crippen LogP contribution in [-0.2, 0) is 19.7 Å². The molecule has 2 rings (SSSR count). The van der Waals surface area contributed by atoms with E-state index < -0.39 is 37.2 Å². The Morgan fingerprint density at radius 2 is 1.87 bits per heavy atom. The largest absolute Gasteiger partial charge is 0.497 e. The molecule has 0 saturated carbocycles.